The average molecular weight is 302 g/mol. The first-order valence-electron chi connectivity index (χ1n) is 7.49. The van der Waals surface area contributed by atoms with Crippen LogP contribution in [0.3, 0.4) is 0 Å². The van der Waals surface area contributed by atoms with E-state index in [0.717, 1.165) is 25.7 Å². The van der Waals surface area contributed by atoms with E-state index in [-0.39, 0.29) is 17.7 Å². The Labute approximate surface area is 127 Å². The van der Waals surface area contributed by atoms with Gasteiger partial charge in [-0.1, -0.05) is 0 Å². The van der Waals surface area contributed by atoms with Gasteiger partial charge in [-0.3, -0.25) is 9.59 Å². The molecule has 1 aromatic rings. The van der Waals surface area contributed by atoms with E-state index in [1.165, 1.54) is 0 Å². The zero-order valence-electron chi connectivity index (χ0n) is 12.0. The molecule has 2 aliphatic carbocycles. The zero-order chi connectivity index (χ0) is 15.7. The molecule has 1 atom stereocenters. The SMILES string of the molecule is O=C(NC(C(=O)O)C1CC1)c1ccc(NC(=O)C2CC2)cc1. The third-order valence-electron chi connectivity index (χ3n) is 4.01. The van der Waals surface area contributed by atoms with Crippen molar-refractivity contribution >= 4 is 23.5 Å². The van der Waals surface area contributed by atoms with Crippen LogP contribution in [0.15, 0.2) is 24.3 Å². The second-order valence-corrected chi connectivity index (χ2v) is 5.97. The van der Waals surface area contributed by atoms with Crippen molar-refractivity contribution in [3.05, 3.63) is 29.8 Å². The van der Waals surface area contributed by atoms with E-state index in [4.69, 9.17) is 5.11 Å². The molecule has 3 rings (SSSR count). The monoisotopic (exact) mass is 302 g/mol. The van der Waals surface area contributed by atoms with Gasteiger partial charge in [0.1, 0.15) is 6.04 Å². The van der Waals surface area contributed by atoms with Gasteiger partial charge in [0, 0.05) is 17.2 Å². The summed E-state index contributed by atoms with van der Waals surface area (Å²) in [5, 5.41) is 14.5. The summed E-state index contributed by atoms with van der Waals surface area (Å²) < 4.78 is 0. The van der Waals surface area contributed by atoms with Crippen molar-refractivity contribution in [2.45, 2.75) is 31.7 Å². The molecule has 2 saturated carbocycles. The van der Waals surface area contributed by atoms with E-state index < -0.39 is 17.9 Å². The lowest BCUT2D eigenvalue weighted by atomic mass is 10.1. The lowest BCUT2D eigenvalue weighted by molar-refractivity contribution is -0.139. The molecule has 116 valence electrons. The quantitative estimate of drug-likeness (QED) is 0.744. The number of aliphatic carboxylic acids is 1. The van der Waals surface area contributed by atoms with Crippen molar-refractivity contribution < 1.29 is 19.5 Å². The number of amides is 2. The Morgan fingerprint density at radius 2 is 1.68 bits per heavy atom. The maximum absolute atomic E-state index is 12.1. The summed E-state index contributed by atoms with van der Waals surface area (Å²) >= 11 is 0. The van der Waals surface area contributed by atoms with Crippen molar-refractivity contribution in [1.29, 1.82) is 0 Å². The van der Waals surface area contributed by atoms with Crippen LogP contribution in [0.25, 0.3) is 0 Å². The highest BCUT2D eigenvalue weighted by molar-refractivity contribution is 5.98. The predicted molar refractivity (Wildman–Crippen MR) is 79.4 cm³/mol. The number of carbonyl (C=O) groups is 3. The van der Waals surface area contributed by atoms with Crippen LogP contribution in [0, 0.1) is 11.8 Å². The smallest absolute Gasteiger partial charge is 0.326 e. The van der Waals surface area contributed by atoms with E-state index in [0.29, 0.717) is 11.3 Å². The first-order valence-corrected chi connectivity index (χ1v) is 7.49. The molecule has 0 saturated heterocycles. The number of carbonyl (C=O) groups excluding carboxylic acids is 2. The molecule has 6 heteroatoms. The van der Waals surface area contributed by atoms with Gasteiger partial charge < -0.3 is 15.7 Å². The Morgan fingerprint density at radius 1 is 1.05 bits per heavy atom. The van der Waals surface area contributed by atoms with Crippen LogP contribution in [-0.2, 0) is 9.59 Å². The van der Waals surface area contributed by atoms with Crippen molar-refractivity contribution in [1.82, 2.24) is 5.32 Å². The summed E-state index contributed by atoms with van der Waals surface area (Å²) in [7, 11) is 0. The van der Waals surface area contributed by atoms with Crippen LogP contribution in [0.1, 0.15) is 36.0 Å². The molecular formula is C16H18N2O4. The van der Waals surface area contributed by atoms with Crippen LogP contribution in [0.4, 0.5) is 5.69 Å². The van der Waals surface area contributed by atoms with Gasteiger partial charge in [-0.05, 0) is 55.9 Å². The minimum absolute atomic E-state index is 0.0110. The fourth-order valence-corrected chi connectivity index (χ4v) is 2.33. The molecule has 0 aliphatic heterocycles. The number of nitrogens with one attached hydrogen (secondary N) is 2. The number of benzene rings is 1. The molecule has 22 heavy (non-hydrogen) atoms. The molecule has 2 fully saturated rings. The van der Waals surface area contributed by atoms with Crippen molar-refractivity contribution in [3.8, 4) is 0 Å². The minimum Gasteiger partial charge on any atom is -0.480 e. The Balaban J connectivity index is 1.60. The van der Waals surface area contributed by atoms with Gasteiger partial charge in [0.2, 0.25) is 5.91 Å². The number of carboxylic acid groups (broad SMARTS) is 1. The lowest BCUT2D eigenvalue weighted by Gasteiger charge is -2.13. The Hall–Kier alpha value is -2.37. The summed E-state index contributed by atoms with van der Waals surface area (Å²) in [5.74, 6) is -1.23. The number of carboxylic acids is 1. The number of hydrogen-bond acceptors (Lipinski definition) is 3. The maximum atomic E-state index is 12.1. The molecule has 0 heterocycles. The third kappa shape index (κ3) is 3.44. The predicted octanol–water partition coefficient (Wildman–Crippen LogP) is 1.63. The van der Waals surface area contributed by atoms with Gasteiger partial charge in [0.05, 0.1) is 0 Å². The molecule has 2 aliphatic rings. The highest BCUT2D eigenvalue weighted by atomic mass is 16.4. The zero-order valence-corrected chi connectivity index (χ0v) is 12.0. The second kappa shape index (κ2) is 5.79. The first-order chi connectivity index (χ1) is 10.5. The fraction of sp³-hybridized carbons (Fsp3) is 0.438. The number of anilines is 1. The van der Waals surface area contributed by atoms with E-state index in [1.807, 2.05) is 0 Å². The molecule has 3 N–H and O–H groups in total. The van der Waals surface area contributed by atoms with Crippen LogP contribution >= 0.6 is 0 Å². The van der Waals surface area contributed by atoms with Crippen LogP contribution < -0.4 is 10.6 Å². The molecule has 6 nitrogen and oxygen atoms in total. The van der Waals surface area contributed by atoms with Gasteiger partial charge in [0.15, 0.2) is 0 Å². The van der Waals surface area contributed by atoms with Gasteiger partial charge in [0.25, 0.3) is 5.91 Å². The fourth-order valence-electron chi connectivity index (χ4n) is 2.33. The third-order valence-corrected chi connectivity index (χ3v) is 4.01. The van der Waals surface area contributed by atoms with E-state index in [2.05, 4.69) is 10.6 Å². The van der Waals surface area contributed by atoms with Crippen LogP contribution in [-0.4, -0.2) is 28.9 Å². The summed E-state index contributed by atoms with van der Waals surface area (Å²) in [6.45, 7) is 0. The average Bonchev–Trinajstić information content (AvgIpc) is 3.38. The molecule has 1 aromatic carbocycles. The van der Waals surface area contributed by atoms with Gasteiger partial charge >= 0.3 is 5.97 Å². The molecule has 0 radical (unpaired) electrons. The molecule has 1 unspecified atom stereocenters. The highest BCUT2D eigenvalue weighted by Crippen LogP contribution is 2.33. The van der Waals surface area contributed by atoms with Crippen molar-refractivity contribution in [3.63, 3.8) is 0 Å². The standard InChI is InChI=1S/C16H18N2O4/c19-14(10-3-4-10)17-12-7-5-11(6-8-12)15(20)18-13(16(21)22)9-1-2-9/h5-10,13H,1-4H2,(H,17,19)(H,18,20)(H,21,22). The molecule has 0 aromatic heterocycles. The lowest BCUT2D eigenvalue weighted by Crippen LogP contribution is -2.42. The minimum atomic E-state index is -0.996. The Kier molecular flexibility index (Phi) is 3.83. The second-order valence-electron chi connectivity index (χ2n) is 5.97. The van der Waals surface area contributed by atoms with Gasteiger partial charge in [-0.2, -0.15) is 0 Å². The largest absolute Gasteiger partial charge is 0.480 e. The van der Waals surface area contributed by atoms with Crippen LogP contribution in [0.5, 0.6) is 0 Å². The Bertz CT molecular complexity index is 603. The van der Waals surface area contributed by atoms with Crippen LogP contribution in [0.2, 0.25) is 0 Å². The Morgan fingerprint density at radius 3 is 2.18 bits per heavy atom. The van der Waals surface area contributed by atoms with E-state index >= 15 is 0 Å². The summed E-state index contributed by atoms with van der Waals surface area (Å²) in [4.78, 5) is 34.9. The molecular weight excluding hydrogens is 284 g/mol. The normalized spacial score (nSPS) is 18.4. The van der Waals surface area contributed by atoms with Crippen molar-refractivity contribution in [2.75, 3.05) is 5.32 Å². The molecule has 0 bridgehead atoms. The summed E-state index contributed by atoms with van der Waals surface area (Å²) in [5.41, 5.74) is 1.03. The number of hydrogen-bond donors (Lipinski definition) is 3. The molecule has 0 spiro atoms. The highest BCUT2D eigenvalue weighted by Gasteiger charge is 2.37. The van der Waals surface area contributed by atoms with Gasteiger partial charge in [-0.25, -0.2) is 4.79 Å². The van der Waals surface area contributed by atoms with E-state index in [1.54, 1.807) is 24.3 Å². The maximum Gasteiger partial charge on any atom is 0.326 e. The topological polar surface area (TPSA) is 95.5 Å². The number of rotatable bonds is 6. The van der Waals surface area contributed by atoms with Gasteiger partial charge in [-0.15, -0.1) is 0 Å². The molecule has 2 amide bonds. The summed E-state index contributed by atoms with van der Waals surface area (Å²) in [6.07, 6.45) is 3.54. The summed E-state index contributed by atoms with van der Waals surface area (Å²) in [6, 6.07) is 5.67. The van der Waals surface area contributed by atoms with E-state index in [9.17, 15) is 14.4 Å². The first kappa shape index (κ1) is 14.6. The van der Waals surface area contributed by atoms with Crippen molar-refractivity contribution in [2.24, 2.45) is 11.8 Å².